The number of halogens is 1. The minimum absolute atomic E-state index is 0.0541. The predicted octanol–water partition coefficient (Wildman–Crippen LogP) is 4.14. The molecule has 1 heterocycles. The first-order valence-corrected chi connectivity index (χ1v) is 8.48. The Hall–Kier alpha value is -1.85. The Kier molecular flexibility index (Phi) is 4.68. The van der Waals surface area contributed by atoms with E-state index in [1.165, 1.54) is 0 Å². The molecule has 0 spiro atoms. The summed E-state index contributed by atoms with van der Waals surface area (Å²) in [5.74, 6) is 1.79. The average Bonchev–Trinajstić information content (AvgIpc) is 2.96. The van der Waals surface area contributed by atoms with E-state index >= 15 is 0 Å². The molecule has 2 aromatic carbocycles. The zero-order chi connectivity index (χ0) is 16.4. The molecule has 0 N–H and O–H groups in total. The van der Waals surface area contributed by atoms with Gasteiger partial charge < -0.3 is 9.47 Å². The van der Waals surface area contributed by atoms with Gasteiger partial charge in [-0.1, -0.05) is 23.7 Å². The Balaban J connectivity index is 2.01. The molecule has 1 saturated heterocycles. The number of thioether (sulfide) groups is 1. The molecule has 1 amide bonds. The number of ether oxygens (including phenoxy) is 2. The van der Waals surface area contributed by atoms with E-state index in [0.29, 0.717) is 22.3 Å². The molecular weight excluding hydrogens is 334 g/mol. The molecule has 1 atom stereocenters. The van der Waals surface area contributed by atoms with Crippen molar-refractivity contribution in [2.45, 2.75) is 5.37 Å². The molecule has 4 nitrogen and oxygen atoms in total. The van der Waals surface area contributed by atoms with Gasteiger partial charge in [0.15, 0.2) is 0 Å². The number of nitrogens with zero attached hydrogens (tertiary/aromatic N) is 1. The van der Waals surface area contributed by atoms with Crippen molar-refractivity contribution in [3.63, 3.8) is 0 Å². The molecule has 2 aromatic rings. The van der Waals surface area contributed by atoms with Crippen molar-refractivity contribution in [1.82, 2.24) is 0 Å². The Morgan fingerprint density at radius 1 is 1.13 bits per heavy atom. The first-order chi connectivity index (χ1) is 11.1. The molecule has 1 unspecified atom stereocenters. The minimum Gasteiger partial charge on any atom is -0.497 e. The van der Waals surface area contributed by atoms with Crippen LogP contribution in [-0.4, -0.2) is 25.9 Å². The summed E-state index contributed by atoms with van der Waals surface area (Å²) >= 11 is 7.55. The minimum atomic E-state index is -0.0953. The molecule has 0 bridgehead atoms. The topological polar surface area (TPSA) is 38.8 Å². The summed E-state index contributed by atoms with van der Waals surface area (Å²) in [5.41, 5.74) is 1.77. The highest BCUT2D eigenvalue weighted by Crippen LogP contribution is 2.45. The lowest BCUT2D eigenvalue weighted by Gasteiger charge is -2.26. The Labute approximate surface area is 144 Å². The molecule has 3 rings (SSSR count). The van der Waals surface area contributed by atoms with Gasteiger partial charge in [0.2, 0.25) is 5.91 Å². The molecule has 6 heteroatoms. The van der Waals surface area contributed by atoms with E-state index in [0.717, 1.165) is 11.3 Å². The van der Waals surface area contributed by atoms with Crippen LogP contribution in [0.3, 0.4) is 0 Å². The Bertz CT molecular complexity index is 720. The fourth-order valence-electron chi connectivity index (χ4n) is 2.54. The number of hydrogen-bond acceptors (Lipinski definition) is 4. The van der Waals surface area contributed by atoms with Gasteiger partial charge in [0.25, 0.3) is 0 Å². The van der Waals surface area contributed by atoms with Crippen LogP contribution in [0, 0.1) is 0 Å². The van der Waals surface area contributed by atoms with E-state index in [2.05, 4.69) is 0 Å². The summed E-state index contributed by atoms with van der Waals surface area (Å²) in [7, 11) is 3.19. The summed E-state index contributed by atoms with van der Waals surface area (Å²) in [6, 6.07) is 13.0. The van der Waals surface area contributed by atoms with Crippen LogP contribution in [-0.2, 0) is 4.79 Å². The molecule has 0 radical (unpaired) electrons. The second-order valence-electron chi connectivity index (χ2n) is 5.02. The van der Waals surface area contributed by atoms with Gasteiger partial charge in [0, 0.05) is 11.1 Å². The van der Waals surface area contributed by atoms with E-state index < -0.39 is 0 Å². The van der Waals surface area contributed by atoms with Crippen LogP contribution >= 0.6 is 23.4 Å². The standard InChI is InChI=1S/C17H16ClNO3S/c1-21-13-7-8-14(15(9-13)22-2)19-16(20)10-23-17(19)11-3-5-12(18)6-4-11/h3-9,17H,10H2,1-2H3. The van der Waals surface area contributed by atoms with E-state index in [1.807, 2.05) is 36.4 Å². The SMILES string of the molecule is COc1ccc(N2C(=O)CSC2c2ccc(Cl)cc2)c(OC)c1. The molecule has 0 saturated carbocycles. The number of hydrogen-bond donors (Lipinski definition) is 0. The first kappa shape index (κ1) is 16.0. The highest BCUT2D eigenvalue weighted by Gasteiger charge is 2.35. The van der Waals surface area contributed by atoms with Crippen LogP contribution in [0.5, 0.6) is 11.5 Å². The number of methoxy groups -OCH3 is 2. The molecule has 1 aliphatic rings. The summed E-state index contributed by atoms with van der Waals surface area (Å²) in [5, 5.41) is 0.582. The van der Waals surface area contributed by atoms with Crippen LogP contribution in [0.15, 0.2) is 42.5 Å². The van der Waals surface area contributed by atoms with Gasteiger partial charge in [-0.15, -0.1) is 11.8 Å². The quantitative estimate of drug-likeness (QED) is 0.831. The normalized spacial score (nSPS) is 17.4. The van der Waals surface area contributed by atoms with Gasteiger partial charge in [-0.3, -0.25) is 9.69 Å². The smallest absolute Gasteiger partial charge is 0.238 e. The first-order valence-electron chi connectivity index (χ1n) is 7.05. The van der Waals surface area contributed by atoms with E-state index in [9.17, 15) is 4.79 Å². The van der Waals surface area contributed by atoms with Gasteiger partial charge in [0.1, 0.15) is 16.9 Å². The van der Waals surface area contributed by atoms with Crippen molar-refractivity contribution in [2.24, 2.45) is 0 Å². The second-order valence-corrected chi connectivity index (χ2v) is 6.52. The molecular formula is C17H16ClNO3S. The summed E-state index contributed by atoms with van der Waals surface area (Å²) in [6.45, 7) is 0. The number of benzene rings is 2. The Morgan fingerprint density at radius 2 is 1.87 bits per heavy atom. The van der Waals surface area contributed by atoms with E-state index in [4.69, 9.17) is 21.1 Å². The summed E-state index contributed by atoms with van der Waals surface area (Å²) in [6.07, 6.45) is 0. The van der Waals surface area contributed by atoms with Crippen molar-refractivity contribution < 1.29 is 14.3 Å². The maximum atomic E-state index is 12.4. The van der Waals surface area contributed by atoms with Crippen molar-refractivity contribution in [3.05, 3.63) is 53.1 Å². The van der Waals surface area contributed by atoms with Crippen LogP contribution in [0.25, 0.3) is 0 Å². The molecule has 120 valence electrons. The predicted molar refractivity (Wildman–Crippen MR) is 93.7 cm³/mol. The lowest BCUT2D eigenvalue weighted by molar-refractivity contribution is -0.115. The van der Waals surface area contributed by atoms with Crippen molar-refractivity contribution in [3.8, 4) is 11.5 Å². The van der Waals surface area contributed by atoms with Gasteiger partial charge in [-0.2, -0.15) is 0 Å². The second kappa shape index (κ2) is 6.72. The van der Waals surface area contributed by atoms with Crippen LogP contribution in [0.1, 0.15) is 10.9 Å². The lowest BCUT2D eigenvalue weighted by Crippen LogP contribution is -2.28. The largest absolute Gasteiger partial charge is 0.497 e. The average molecular weight is 350 g/mol. The zero-order valence-corrected chi connectivity index (χ0v) is 14.4. The number of carbonyl (C=O) groups excluding carboxylic acids is 1. The number of anilines is 1. The van der Waals surface area contributed by atoms with Crippen molar-refractivity contribution in [1.29, 1.82) is 0 Å². The van der Waals surface area contributed by atoms with Crippen LogP contribution in [0.4, 0.5) is 5.69 Å². The lowest BCUT2D eigenvalue weighted by atomic mass is 10.1. The van der Waals surface area contributed by atoms with Gasteiger partial charge >= 0.3 is 0 Å². The maximum Gasteiger partial charge on any atom is 0.238 e. The van der Waals surface area contributed by atoms with Crippen LogP contribution < -0.4 is 14.4 Å². The van der Waals surface area contributed by atoms with Crippen LogP contribution in [0.2, 0.25) is 5.02 Å². The zero-order valence-electron chi connectivity index (χ0n) is 12.8. The maximum absolute atomic E-state index is 12.4. The number of rotatable bonds is 4. The Morgan fingerprint density at radius 3 is 2.52 bits per heavy atom. The van der Waals surface area contributed by atoms with E-state index in [-0.39, 0.29) is 11.3 Å². The molecule has 1 aliphatic heterocycles. The molecule has 23 heavy (non-hydrogen) atoms. The number of amides is 1. The van der Waals surface area contributed by atoms with E-state index in [1.54, 1.807) is 36.9 Å². The molecule has 0 aliphatic carbocycles. The molecule has 0 aromatic heterocycles. The third-order valence-corrected chi connectivity index (χ3v) is 5.13. The van der Waals surface area contributed by atoms with Gasteiger partial charge in [-0.05, 0) is 29.8 Å². The summed E-state index contributed by atoms with van der Waals surface area (Å²) in [4.78, 5) is 14.2. The van der Waals surface area contributed by atoms with Crippen molar-refractivity contribution in [2.75, 3.05) is 24.9 Å². The molecule has 1 fully saturated rings. The summed E-state index contributed by atoms with van der Waals surface area (Å²) < 4.78 is 10.7. The van der Waals surface area contributed by atoms with Gasteiger partial charge in [0.05, 0.1) is 25.7 Å². The highest BCUT2D eigenvalue weighted by molar-refractivity contribution is 8.00. The van der Waals surface area contributed by atoms with Crippen molar-refractivity contribution >= 4 is 35.0 Å². The fourth-order valence-corrected chi connectivity index (χ4v) is 3.84. The third-order valence-electron chi connectivity index (χ3n) is 3.67. The highest BCUT2D eigenvalue weighted by atomic mass is 35.5. The monoisotopic (exact) mass is 349 g/mol. The van der Waals surface area contributed by atoms with Gasteiger partial charge in [-0.25, -0.2) is 0 Å². The number of carbonyl (C=O) groups is 1. The third kappa shape index (κ3) is 3.12. The fraction of sp³-hybridized carbons (Fsp3) is 0.235.